The van der Waals surface area contributed by atoms with E-state index in [0.29, 0.717) is 11.3 Å². The summed E-state index contributed by atoms with van der Waals surface area (Å²) in [4.78, 5) is 24.1. The zero-order chi connectivity index (χ0) is 19.5. The molecule has 1 aliphatic rings. The van der Waals surface area contributed by atoms with E-state index in [-0.39, 0.29) is 24.9 Å². The van der Waals surface area contributed by atoms with Gasteiger partial charge in [0.2, 0.25) is 0 Å². The maximum Gasteiger partial charge on any atom is 0.337 e. The van der Waals surface area contributed by atoms with Gasteiger partial charge in [-0.1, -0.05) is 30.3 Å². The van der Waals surface area contributed by atoms with E-state index in [0.717, 1.165) is 30.6 Å². The average molecular weight is 412 g/mol. The van der Waals surface area contributed by atoms with Crippen LogP contribution in [0.1, 0.15) is 22.6 Å². The number of halogens is 1. The molecule has 1 amide bonds. The molecule has 0 aliphatic carbocycles. The van der Waals surface area contributed by atoms with Crippen LogP contribution < -0.4 is 22.3 Å². The molecule has 0 saturated carbocycles. The third-order valence-corrected chi connectivity index (χ3v) is 4.97. The molecule has 0 atom stereocenters. The molecule has 0 saturated heterocycles. The van der Waals surface area contributed by atoms with Crippen molar-refractivity contribution in [3.8, 4) is 11.3 Å². The van der Waals surface area contributed by atoms with E-state index < -0.39 is 5.97 Å². The first-order valence-electron chi connectivity index (χ1n) is 9.31. The Balaban J connectivity index is 0.00000240. The zero-order valence-corrected chi connectivity index (χ0v) is 16.9. The van der Waals surface area contributed by atoms with Crippen molar-refractivity contribution in [3.63, 3.8) is 0 Å². The molecular formula is C22H22ClN3O3. The van der Waals surface area contributed by atoms with Crippen LogP contribution in [0.5, 0.6) is 0 Å². The molecule has 4 rings (SSSR count). The number of methoxy groups -OCH3 is 1. The molecule has 0 spiro atoms. The average Bonchev–Trinajstić information content (AvgIpc) is 3.32. The van der Waals surface area contributed by atoms with Gasteiger partial charge < -0.3 is 22.5 Å². The number of nitrogens with zero attached hydrogens (tertiary/aromatic N) is 2. The second-order valence-electron chi connectivity index (χ2n) is 6.80. The van der Waals surface area contributed by atoms with Crippen LogP contribution in [0.15, 0.2) is 60.8 Å². The lowest BCUT2D eigenvalue weighted by Gasteiger charge is -2.05. The lowest BCUT2D eigenvalue weighted by molar-refractivity contribution is -0.690. The van der Waals surface area contributed by atoms with Gasteiger partial charge >= 0.3 is 5.97 Å². The minimum atomic E-state index is -0.397. The molecule has 6 nitrogen and oxygen atoms in total. The second-order valence-corrected chi connectivity index (χ2v) is 6.80. The smallest absolute Gasteiger partial charge is 0.337 e. The summed E-state index contributed by atoms with van der Waals surface area (Å²) in [5.41, 5.74) is 3.40. The highest BCUT2D eigenvalue weighted by Crippen LogP contribution is 2.24. The van der Waals surface area contributed by atoms with Crippen molar-refractivity contribution in [2.24, 2.45) is 0 Å². The predicted molar refractivity (Wildman–Crippen MR) is 105 cm³/mol. The number of anilines is 1. The fourth-order valence-corrected chi connectivity index (χ4v) is 3.65. The summed E-state index contributed by atoms with van der Waals surface area (Å²) in [5, 5.41) is 2.89. The molecule has 1 aliphatic heterocycles. The SMILES string of the molecule is COC(=O)c1ccc(NC(=O)C[n+]2cc(-c3ccccc3)n3c2CCC3)cc1.[Cl-]. The zero-order valence-electron chi connectivity index (χ0n) is 16.1. The van der Waals surface area contributed by atoms with E-state index in [1.165, 1.54) is 12.9 Å². The Kier molecular flexibility index (Phi) is 6.34. The quantitative estimate of drug-likeness (QED) is 0.468. The molecule has 2 aromatic carbocycles. The van der Waals surface area contributed by atoms with Gasteiger partial charge in [-0.2, -0.15) is 0 Å². The van der Waals surface area contributed by atoms with Crippen molar-refractivity contribution in [1.82, 2.24) is 4.57 Å². The Hall–Kier alpha value is -3.12. The van der Waals surface area contributed by atoms with Crippen LogP contribution in [0.25, 0.3) is 11.3 Å². The van der Waals surface area contributed by atoms with Gasteiger partial charge in [-0.05, 0) is 30.7 Å². The Morgan fingerprint density at radius 1 is 1.10 bits per heavy atom. The van der Waals surface area contributed by atoms with Crippen molar-refractivity contribution in [1.29, 1.82) is 0 Å². The highest BCUT2D eigenvalue weighted by molar-refractivity contribution is 5.92. The van der Waals surface area contributed by atoms with Crippen LogP contribution in [0, 0.1) is 0 Å². The fraction of sp³-hybridized carbons (Fsp3) is 0.227. The number of carbonyl (C=O) groups excluding carboxylic acids is 2. The molecule has 2 heterocycles. The number of carbonyl (C=O) groups is 2. The molecule has 29 heavy (non-hydrogen) atoms. The van der Waals surface area contributed by atoms with Crippen LogP contribution in [-0.4, -0.2) is 23.6 Å². The number of amides is 1. The van der Waals surface area contributed by atoms with Crippen molar-refractivity contribution in [2.45, 2.75) is 25.9 Å². The maximum atomic E-state index is 12.6. The summed E-state index contributed by atoms with van der Waals surface area (Å²) in [6.07, 6.45) is 4.12. The second kappa shape index (κ2) is 8.92. The molecule has 0 bridgehead atoms. The third kappa shape index (κ3) is 4.32. The monoisotopic (exact) mass is 411 g/mol. The van der Waals surface area contributed by atoms with Gasteiger partial charge in [0.1, 0.15) is 6.20 Å². The first-order valence-corrected chi connectivity index (χ1v) is 9.31. The highest BCUT2D eigenvalue weighted by Gasteiger charge is 2.29. The van der Waals surface area contributed by atoms with E-state index in [9.17, 15) is 9.59 Å². The van der Waals surface area contributed by atoms with Gasteiger partial charge in [0.15, 0.2) is 12.2 Å². The highest BCUT2D eigenvalue weighted by atomic mass is 35.5. The summed E-state index contributed by atoms with van der Waals surface area (Å²) in [6, 6.07) is 16.9. The number of nitrogens with one attached hydrogen (secondary N) is 1. The van der Waals surface area contributed by atoms with Crippen LogP contribution in [0.3, 0.4) is 0 Å². The first kappa shape index (κ1) is 20.6. The molecular weight excluding hydrogens is 390 g/mol. The van der Waals surface area contributed by atoms with Crippen LogP contribution in [-0.2, 0) is 29.0 Å². The normalized spacial score (nSPS) is 12.0. The van der Waals surface area contributed by atoms with E-state index >= 15 is 0 Å². The number of ether oxygens (including phenoxy) is 1. The Labute approximate surface area is 175 Å². The largest absolute Gasteiger partial charge is 1.00 e. The number of fused-ring (bicyclic) bond motifs is 1. The topological polar surface area (TPSA) is 64.2 Å². The molecule has 3 aromatic rings. The lowest BCUT2D eigenvalue weighted by Crippen LogP contribution is -3.00. The predicted octanol–water partition coefficient (Wildman–Crippen LogP) is -0.182. The standard InChI is InChI=1S/C22H21N3O3.ClH/c1-28-22(27)17-9-11-18(12-10-17)23-20(26)15-24-14-19(16-6-3-2-4-7-16)25-13-5-8-21(24)25;/h2-4,6-7,9-12,14H,5,8,13,15H2,1H3;1H. The number of imidazole rings is 1. The van der Waals surface area contributed by atoms with Gasteiger partial charge in [0.05, 0.1) is 25.6 Å². The van der Waals surface area contributed by atoms with Gasteiger partial charge in [0, 0.05) is 11.3 Å². The van der Waals surface area contributed by atoms with Crippen LogP contribution in [0.2, 0.25) is 0 Å². The Morgan fingerprint density at radius 2 is 1.83 bits per heavy atom. The van der Waals surface area contributed by atoms with Crippen molar-refractivity contribution in [2.75, 3.05) is 12.4 Å². The van der Waals surface area contributed by atoms with E-state index in [2.05, 4.69) is 33.0 Å². The lowest BCUT2D eigenvalue weighted by atomic mass is 10.2. The van der Waals surface area contributed by atoms with Crippen LogP contribution >= 0.6 is 0 Å². The first-order chi connectivity index (χ1) is 13.7. The van der Waals surface area contributed by atoms with Crippen LogP contribution in [0.4, 0.5) is 5.69 Å². The van der Waals surface area contributed by atoms with Gasteiger partial charge in [-0.15, -0.1) is 0 Å². The van der Waals surface area contributed by atoms with Gasteiger partial charge in [-0.25, -0.2) is 13.9 Å². The molecule has 1 N–H and O–H groups in total. The molecule has 150 valence electrons. The third-order valence-electron chi connectivity index (χ3n) is 4.97. The molecule has 0 unspecified atom stereocenters. The Bertz CT molecular complexity index is 1010. The number of hydrogen-bond donors (Lipinski definition) is 1. The number of hydrogen-bond acceptors (Lipinski definition) is 3. The van der Waals surface area contributed by atoms with Crippen molar-refractivity contribution in [3.05, 3.63) is 72.2 Å². The summed E-state index contributed by atoms with van der Waals surface area (Å²) < 4.78 is 9.02. The Morgan fingerprint density at radius 3 is 2.52 bits per heavy atom. The molecule has 7 heteroatoms. The minimum Gasteiger partial charge on any atom is -1.00 e. The van der Waals surface area contributed by atoms with Gasteiger partial charge in [0.25, 0.3) is 11.7 Å². The number of esters is 1. The maximum absolute atomic E-state index is 12.6. The fourth-order valence-electron chi connectivity index (χ4n) is 3.65. The van der Waals surface area contributed by atoms with E-state index in [1.54, 1.807) is 24.3 Å². The number of aromatic nitrogens is 2. The minimum absolute atomic E-state index is 0. The van der Waals surface area contributed by atoms with Crippen molar-refractivity contribution < 1.29 is 31.3 Å². The number of rotatable bonds is 5. The molecule has 1 aromatic heterocycles. The summed E-state index contributed by atoms with van der Waals surface area (Å²) in [7, 11) is 1.34. The van der Waals surface area contributed by atoms with Gasteiger partial charge in [-0.3, -0.25) is 4.79 Å². The summed E-state index contributed by atoms with van der Waals surface area (Å²) in [5.74, 6) is 0.678. The van der Waals surface area contributed by atoms with E-state index in [4.69, 9.17) is 0 Å². The summed E-state index contributed by atoms with van der Waals surface area (Å²) in [6.45, 7) is 1.23. The molecule has 0 fully saturated rings. The van der Waals surface area contributed by atoms with E-state index in [1.807, 2.05) is 22.8 Å². The number of benzene rings is 2. The molecule has 0 radical (unpaired) electrons. The van der Waals surface area contributed by atoms with Crippen molar-refractivity contribution >= 4 is 17.6 Å². The summed E-state index contributed by atoms with van der Waals surface area (Å²) >= 11 is 0.